The van der Waals surface area contributed by atoms with E-state index in [1.165, 1.54) is 12.8 Å². The van der Waals surface area contributed by atoms with Crippen molar-refractivity contribution in [3.63, 3.8) is 0 Å². The number of hydrogen-bond donors (Lipinski definition) is 4. The fourth-order valence-corrected chi connectivity index (χ4v) is 4.72. The Morgan fingerprint density at radius 2 is 2.15 bits per heavy atom. The summed E-state index contributed by atoms with van der Waals surface area (Å²) < 4.78 is 0. The van der Waals surface area contributed by atoms with Crippen LogP contribution in [0.15, 0.2) is 30.6 Å². The number of carbonyl (C=O) groups excluding carboxylic acids is 1. The number of nitrogens with one attached hydrogen (secondary N) is 3. The van der Waals surface area contributed by atoms with E-state index in [0.717, 1.165) is 47.8 Å². The van der Waals surface area contributed by atoms with E-state index in [1.807, 2.05) is 6.07 Å². The number of aryl methyl sites for hydroxylation is 1. The van der Waals surface area contributed by atoms with Gasteiger partial charge in [-0.15, -0.1) is 0 Å². The number of amides is 1. The number of aliphatic hydroxyl groups is 1. The summed E-state index contributed by atoms with van der Waals surface area (Å²) in [4.78, 5) is 28.5. The SMILES string of the molecule is O=C(Nc1cccnc1)C1CC(O)CN1c1nc2c(c(Nc3cc(C4CC4)[nH]n3)n1)CCC2. The van der Waals surface area contributed by atoms with Crippen LogP contribution < -0.4 is 15.5 Å². The van der Waals surface area contributed by atoms with E-state index in [-0.39, 0.29) is 5.91 Å². The summed E-state index contributed by atoms with van der Waals surface area (Å²) in [6.07, 6.45) is 8.14. The fraction of sp³-hybridized carbons (Fsp3) is 0.435. The van der Waals surface area contributed by atoms with Gasteiger partial charge in [-0.05, 0) is 44.2 Å². The van der Waals surface area contributed by atoms with Crippen LogP contribution in [0.2, 0.25) is 0 Å². The van der Waals surface area contributed by atoms with Crippen LogP contribution in [0.25, 0.3) is 0 Å². The Morgan fingerprint density at radius 1 is 1.24 bits per heavy atom. The monoisotopic (exact) mass is 446 g/mol. The van der Waals surface area contributed by atoms with Crippen molar-refractivity contribution in [2.75, 3.05) is 22.1 Å². The molecule has 10 nitrogen and oxygen atoms in total. The van der Waals surface area contributed by atoms with Crippen molar-refractivity contribution >= 4 is 29.2 Å². The minimum absolute atomic E-state index is 0.209. The molecular formula is C23H26N8O2. The average molecular weight is 447 g/mol. The first-order valence-corrected chi connectivity index (χ1v) is 11.5. The third-order valence-corrected chi connectivity index (χ3v) is 6.55. The molecular weight excluding hydrogens is 420 g/mol. The van der Waals surface area contributed by atoms with Gasteiger partial charge in [0.1, 0.15) is 11.9 Å². The average Bonchev–Trinajstić information content (AvgIpc) is 3.20. The molecule has 0 bridgehead atoms. The van der Waals surface area contributed by atoms with Crippen molar-refractivity contribution in [2.24, 2.45) is 0 Å². The van der Waals surface area contributed by atoms with Crippen molar-refractivity contribution in [3.05, 3.63) is 47.5 Å². The maximum absolute atomic E-state index is 13.0. The van der Waals surface area contributed by atoms with Gasteiger partial charge in [-0.2, -0.15) is 10.1 Å². The first kappa shape index (κ1) is 20.1. The summed E-state index contributed by atoms with van der Waals surface area (Å²) in [5, 5.41) is 24.2. The molecule has 0 radical (unpaired) electrons. The minimum atomic E-state index is -0.629. The first-order valence-electron chi connectivity index (χ1n) is 11.5. The van der Waals surface area contributed by atoms with Crippen LogP contribution in [-0.4, -0.2) is 54.9 Å². The number of aromatic nitrogens is 5. The fourth-order valence-electron chi connectivity index (χ4n) is 4.72. The number of hydrogen-bond acceptors (Lipinski definition) is 8. The number of aliphatic hydroxyl groups excluding tert-OH is 1. The van der Waals surface area contributed by atoms with Crippen LogP contribution in [-0.2, 0) is 17.6 Å². The molecule has 2 fully saturated rings. The molecule has 1 aliphatic heterocycles. The van der Waals surface area contributed by atoms with Gasteiger partial charge in [-0.1, -0.05) is 0 Å². The highest BCUT2D eigenvalue weighted by Crippen LogP contribution is 2.40. The Hall–Kier alpha value is -3.53. The quantitative estimate of drug-likeness (QED) is 0.453. The lowest BCUT2D eigenvalue weighted by molar-refractivity contribution is -0.117. The van der Waals surface area contributed by atoms with E-state index < -0.39 is 12.1 Å². The summed E-state index contributed by atoms with van der Waals surface area (Å²) in [7, 11) is 0. The maximum atomic E-state index is 13.0. The highest BCUT2D eigenvalue weighted by Gasteiger charge is 2.38. The molecule has 0 aromatic carbocycles. The molecule has 1 amide bonds. The zero-order valence-electron chi connectivity index (χ0n) is 18.2. The molecule has 3 aromatic heterocycles. The van der Waals surface area contributed by atoms with Crippen LogP contribution in [0.4, 0.5) is 23.3 Å². The number of anilines is 4. The second-order valence-corrected chi connectivity index (χ2v) is 9.05. The van der Waals surface area contributed by atoms with Gasteiger partial charge in [-0.25, -0.2) is 4.98 Å². The van der Waals surface area contributed by atoms with E-state index in [2.05, 4.69) is 25.8 Å². The van der Waals surface area contributed by atoms with Crippen LogP contribution in [0.3, 0.4) is 0 Å². The Labute approximate surface area is 190 Å². The molecule has 3 aromatic rings. The summed E-state index contributed by atoms with van der Waals surface area (Å²) in [6.45, 7) is 0.303. The van der Waals surface area contributed by atoms with Gasteiger partial charge in [0.15, 0.2) is 5.82 Å². The standard InChI is InChI=1S/C23H26N8O2/c32-15-9-19(22(33)25-14-3-2-8-24-11-14)31(12-15)23-26-17-5-1-4-16(17)21(28-23)27-20-10-18(29-30-20)13-6-7-13/h2-3,8,10-11,13,15,19,32H,1,4-7,9,12H2,(H,25,33)(H2,26,27,28,29,30). The first-order chi connectivity index (χ1) is 16.1. The smallest absolute Gasteiger partial charge is 0.247 e. The number of aromatic amines is 1. The minimum Gasteiger partial charge on any atom is -0.391 e. The number of carbonyl (C=O) groups is 1. The Kier molecular flexibility index (Phi) is 4.94. The molecule has 1 saturated heterocycles. The third kappa shape index (κ3) is 4.02. The molecule has 6 rings (SSSR count). The molecule has 170 valence electrons. The predicted molar refractivity (Wildman–Crippen MR) is 123 cm³/mol. The highest BCUT2D eigenvalue weighted by atomic mass is 16.3. The van der Waals surface area contributed by atoms with E-state index in [9.17, 15) is 9.90 Å². The lowest BCUT2D eigenvalue weighted by Gasteiger charge is -2.24. The second kappa shape index (κ2) is 8.11. The molecule has 0 spiro atoms. The zero-order valence-corrected chi connectivity index (χ0v) is 18.2. The van der Waals surface area contributed by atoms with Gasteiger partial charge in [0.05, 0.1) is 23.7 Å². The van der Waals surface area contributed by atoms with Gasteiger partial charge in [0.25, 0.3) is 0 Å². The molecule has 3 aliphatic rings. The van der Waals surface area contributed by atoms with Gasteiger partial charge in [0.2, 0.25) is 11.9 Å². The summed E-state index contributed by atoms with van der Waals surface area (Å²) in [5.74, 6) is 2.31. The lowest BCUT2D eigenvalue weighted by atomic mass is 10.2. The molecule has 2 unspecified atom stereocenters. The zero-order chi connectivity index (χ0) is 22.4. The molecule has 10 heteroatoms. The molecule has 2 atom stereocenters. The van der Waals surface area contributed by atoms with Gasteiger partial charge in [0, 0.05) is 42.4 Å². The van der Waals surface area contributed by atoms with Crippen LogP contribution in [0.5, 0.6) is 0 Å². The van der Waals surface area contributed by atoms with Crippen molar-refractivity contribution < 1.29 is 9.90 Å². The summed E-state index contributed by atoms with van der Waals surface area (Å²) in [6, 6.07) is 5.03. The number of rotatable bonds is 6. The molecule has 1 saturated carbocycles. The highest BCUT2D eigenvalue weighted by molar-refractivity contribution is 5.97. The Balaban J connectivity index is 1.28. The number of β-amino-alcohol motifs (C(OH)–C–C–N with tert-alkyl or cyclic N) is 1. The van der Waals surface area contributed by atoms with Gasteiger partial charge >= 0.3 is 0 Å². The molecule has 4 heterocycles. The van der Waals surface area contributed by atoms with Crippen molar-refractivity contribution in [1.82, 2.24) is 25.1 Å². The van der Waals surface area contributed by atoms with E-state index >= 15 is 0 Å². The third-order valence-electron chi connectivity index (χ3n) is 6.55. The maximum Gasteiger partial charge on any atom is 0.247 e. The molecule has 4 N–H and O–H groups in total. The Bertz CT molecular complexity index is 1180. The number of pyridine rings is 1. The largest absolute Gasteiger partial charge is 0.391 e. The van der Waals surface area contributed by atoms with Gasteiger partial charge in [-0.3, -0.25) is 14.9 Å². The summed E-state index contributed by atoms with van der Waals surface area (Å²) in [5.41, 5.74) is 3.86. The van der Waals surface area contributed by atoms with E-state index in [0.29, 0.717) is 30.5 Å². The van der Waals surface area contributed by atoms with E-state index in [4.69, 9.17) is 9.97 Å². The lowest BCUT2D eigenvalue weighted by Crippen LogP contribution is -2.40. The number of fused-ring (bicyclic) bond motifs is 1. The second-order valence-electron chi connectivity index (χ2n) is 9.05. The molecule has 33 heavy (non-hydrogen) atoms. The predicted octanol–water partition coefficient (Wildman–Crippen LogP) is 2.28. The van der Waals surface area contributed by atoms with Crippen LogP contribution in [0, 0.1) is 0 Å². The molecule has 2 aliphatic carbocycles. The Morgan fingerprint density at radius 3 is 2.97 bits per heavy atom. The van der Waals surface area contributed by atoms with Gasteiger partial charge < -0.3 is 20.6 Å². The van der Waals surface area contributed by atoms with E-state index in [1.54, 1.807) is 29.4 Å². The topological polar surface area (TPSA) is 132 Å². The van der Waals surface area contributed by atoms with Crippen molar-refractivity contribution in [2.45, 2.75) is 56.6 Å². The van der Waals surface area contributed by atoms with Crippen LogP contribution in [0.1, 0.15) is 48.6 Å². The van der Waals surface area contributed by atoms with Crippen LogP contribution >= 0.6 is 0 Å². The van der Waals surface area contributed by atoms with Crippen molar-refractivity contribution in [1.29, 1.82) is 0 Å². The van der Waals surface area contributed by atoms with Crippen molar-refractivity contribution in [3.8, 4) is 0 Å². The normalized spacial score (nSPS) is 21.8. The number of nitrogens with zero attached hydrogens (tertiary/aromatic N) is 5. The summed E-state index contributed by atoms with van der Waals surface area (Å²) >= 11 is 0. The number of H-pyrrole nitrogens is 1.